The van der Waals surface area contributed by atoms with Gasteiger partial charge in [0.2, 0.25) is 0 Å². The summed E-state index contributed by atoms with van der Waals surface area (Å²) in [6.07, 6.45) is 1.25. The van der Waals surface area contributed by atoms with Gasteiger partial charge in [-0.05, 0) is 49.1 Å². The third kappa shape index (κ3) is 5.23. The van der Waals surface area contributed by atoms with E-state index in [1.807, 2.05) is 26.0 Å². The first-order valence-corrected chi connectivity index (χ1v) is 9.94. The number of carbonyl (C=O) groups is 1. The van der Waals surface area contributed by atoms with Crippen molar-refractivity contribution < 1.29 is 23.4 Å². The molecular weight excluding hydrogens is 398 g/mol. The van der Waals surface area contributed by atoms with Gasteiger partial charge in [-0.1, -0.05) is 6.92 Å². The lowest BCUT2D eigenvalue weighted by Gasteiger charge is -2.12. The molecule has 0 spiro atoms. The number of carbonyl (C=O) groups excluding carboxylic acids is 1. The van der Waals surface area contributed by atoms with E-state index in [0.717, 1.165) is 16.5 Å². The molecule has 1 heterocycles. The van der Waals surface area contributed by atoms with E-state index in [4.69, 9.17) is 23.9 Å². The minimum absolute atomic E-state index is 0.150. The molecule has 0 fully saturated rings. The van der Waals surface area contributed by atoms with Crippen LogP contribution in [-0.2, 0) is 11.2 Å². The van der Waals surface area contributed by atoms with E-state index in [1.165, 1.54) is 13.2 Å². The topological polar surface area (TPSA) is 98.8 Å². The zero-order chi connectivity index (χ0) is 22.4. The van der Waals surface area contributed by atoms with Crippen molar-refractivity contribution in [3.8, 4) is 23.3 Å². The summed E-state index contributed by atoms with van der Waals surface area (Å²) in [5, 5.41) is 9.77. The van der Waals surface area contributed by atoms with E-state index < -0.39 is 11.6 Å². The molecule has 0 saturated carbocycles. The molecule has 0 amide bonds. The highest BCUT2D eigenvalue weighted by atomic mass is 16.5. The smallest absolute Gasteiger partial charge is 0.336 e. The highest BCUT2D eigenvalue weighted by Crippen LogP contribution is 2.29. The van der Waals surface area contributed by atoms with E-state index in [9.17, 15) is 9.59 Å². The van der Waals surface area contributed by atoms with Crippen LogP contribution in [0.15, 0.2) is 45.6 Å². The SMILES string of the molecule is CCc1cc2c(C)cc(=O)oc2cc1OC(=O)CCCOc1ccc(C#N)cc1OC. The molecule has 2 aromatic carbocycles. The van der Waals surface area contributed by atoms with Gasteiger partial charge >= 0.3 is 11.6 Å². The van der Waals surface area contributed by atoms with Gasteiger partial charge in [0.25, 0.3) is 0 Å². The quantitative estimate of drug-likeness (QED) is 0.231. The van der Waals surface area contributed by atoms with Crippen molar-refractivity contribution in [2.75, 3.05) is 13.7 Å². The number of fused-ring (bicyclic) bond motifs is 1. The van der Waals surface area contributed by atoms with Gasteiger partial charge < -0.3 is 18.6 Å². The van der Waals surface area contributed by atoms with E-state index in [2.05, 4.69) is 0 Å². The number of ether oxygens (including phenoxy) is 3. The number of nitriles is 1. The fourth-order valence-corrected chi connectivity index (χ4v) is 3.19. The van der Waals surface area contributed by atoms with Crippen LogP contribution < -0.4 is 19.8 Å². The van der Waals surface area contributed by atoms with E-state index >= 15 is 0 Å². The fourth-order valence-electron chi connectivity index (χ4n) is 3.19. The number of hydrogen-bond donors (Lipinski definition) is 0. The highest BCUT2D eigenvalue weighted by molar-refractivity contribution is 5.84. The third-order valence-electron chi connectivity index (χ3n) is 4.81. The van der Waals surface area contributed by atoms with Crippen LogP contribution in [0.2, 0.25) is 0 Å². The second kappa shape index (κ2) is 9.81. The third-order valence-corrected chi connectivity index (χ3v) is 4.81. The second-order valence-electron chi connectivity index (χ2n) is 6.96. The van der Waals surface area contributed by atoms with Crippen LogP contribution in [0.5, 0.6) is 17.2 Å². The fraction of sp³-hybridized carbons (Fsp3) is 0.292. The predicted molar refractivity (Wildman–Crippen MR) is 115 cm³/mol. The molecule has 0 unspecified atom stereocenters. The molecule has 0 radical (unpaired) electrons. The van der Waals surface area contributed by atoms with E-state index in [1.54, 1.807) is 24.3 Å². The van der Waals surface area contributed by atoms with Crippen molar-refractivity contribution >= 4 is 16.9 Å². The minimum Gasteiger partial charge on any atom is -0.493 e. The maximum atomic E-state index is 12.3. The molecule has 1 aromatic heterocycles. The summed E-state index contributed by atoms with van der Waals surface area (Å²) in [4.78, 5) is 24.0. The van der Waals surface area contributed by atoms with Crippen molar-refractivity contribution in [2.24, 2.45) is 0 Å². The molecule has 3 rings (SSSR count). The molecule has 7 nitrogen and oxygen atoms in total. The average Bonchev–Trinajstić information content (AvgIpc) is 2.76. The van der Waals surface area contributed by atoms with Crippen LogP contribution in [0.3, 0.4) is 0 Å². The molecule has 0 bridgehead atoms. The summed E-state index contributed by atoms with van der Waals surface area (Å²) in [5.41, 5.74) is 2.09. The Bertz CT molecular complexity index is 1210. The summed E-state index contributed by atoms with van der Waals surface area (Å²) in [7, 11) is 1.50. The summed E-state index contributed by atoms with van der Waals surface area (Å²) in [5.74, 6) is 0.952. The first-order valence-electron chi connectivity index (χ1n) is 9.94. The molecule has 0 atom stereocenters. The van der Waals surface area contributed by atoms with E-state index in [0.29, 0.717) is 41.2 Å². The lowest BCUT2D eigenvalue weighted by molar-refractivity contribution is -0.134. The number of rotatable bonds is 8. The standard InChI is InChI=1S/C24H23NO6/c1-4-17-12-18-15(2)10-24(27)31-21(18)13-20(17)30-23(26)6-5-9-29-19-8-7-16(14-25)11-22(19)28-3/h7-8,10-13H,4-6,9H2,1-3H3. The molecule has 0 N–H and O–H groups in total. The number of hydrogen-bond acceptors (Lipinski definition) is 7. The monoisotopic (exact) mass is 421 g/mol. The zero-order valence-corrected chi connectivity index (χ0v) is 17.7. The summed E-state index contributed by atoms with van der Waals surface area (Å²) in [6.45, 7) is 4.09. The van der Waals surface area contributed by atoms with Gasteiger partial charge in [0.15, 0.2) is 11.5 Å². The van der Waals surface area contributed by atoms with Crippen LogP contribution in [0.25, 0.3) is 11.0 Å². The Morgan fingerprint density at radius 1 is 1.13 bits per heavy atom. The largest absolute Gasteiger partial charge is 0.493 e. The first-order chi connectivity index (χ1) is 14.9. The van der Waals surface area contributed by atoms with Crippen LogP contribution in [0.1, 0.15) is 36.5 Å². The maximum absolute atomic E-state index is 12.3. The summed E-state index contributed by atoms with van der Waals surface area (Å²) < 4.78 is 21.7. The van der Waals surface area contributed by atoms with Crippen LogP contribution in [-0.4, -0.2) is 19.7 Å². The Hall–Kier alpha value is -3.79. The summed E-state index contributed by atoms with van der Waals surface area (Å²) in [6, 6.07) is 11.9. The Morgan fingerprint density at radius 3 is 2.65 bits per heavy atom. The molecule has 0 aliphatic carbocycles. The van der Waals surface area contributed by atoms with Gasteiger partial charge in [-0.15, -0.1) is 0 Å². The number of methoxy groups -OCH3 is 1. The van der Waals surface area contributed by atoms with Crippen LogP contribution in [0, 0.1) is 18.3 Å². The van der Waals surface area contributed by atoms with Gasteiger partial charge in [0, 0.05) is 30.0 Å². The Morgan fingerprint density at radius 2 is 1.94 bits per heavy atom. The molecule has 0 aliphatic heterocycles. The van der Waals surface area contributed by atoms with Crippen LogP contribution in [0.4, 0.5) is 0 Å². The molecule has 0 aliphatic rings. The van der Waals surface area contributed by atoms with Crippen molar-refractivity contribution in [3.63, 3.8) is 0 Å². The Kier molecular flexibility index (Phi) is 6.93. The van der Waals surface area contributed by atoms with E-state index in [-0.39, 0.29) is 13.0 Å². The summed E-state index contributed by atoms with van der Waals surface area (Å²) >= 11 is 0. The Labute approximate surface area is 179 Å². The molecule has 0 saturated heterocycles. The highest BCUT2D eigenvalue weighted by Gasteiger charge is 2.13. The van der Waals surface area contributed by atoms with Gasteiger partial charge in [-0.3, -0.25) is 4.79 Å². The lowest BCUT2D eigenvalue weighted by atomic mass is 10.1. The number of aryl methyl sites for hydroxylation is 2. The van der Waals surface area contributed by atoms with Gasteiger partial charge in [-0.2, -0.15) is 5.26 Å². The Balaban J connectivity index is 1.62. The number of nitrogens with zero attached hydrogens (tertiary/aromatic N) is 1. The van der Waals surface area contributed by atoms with Gasteiger partial charge in [0.1, 0.15) is 11.3 Å². The lowest BCUT2D eigenvalue weighted by Crippen LogP contribution is -2.11. The number of esters is 1. The van der Waals surface area contributed by atoms with Crippen molar-refractivity contribution in [3.05, 3.63) is 63.5 Å². The maximum Gasteiger partial charge on any atom is 0.336 e. The van der Waals surface area contributed by atoms with Crippen molar-refractivity contribution in [1.82, 2.24) is 0 Å². The zero-order valence-electron chi connectivity index (χ0n) is 17.7. The predicted octanol–water partition coefficient (Wildman–Crippen LogP) is 4.31. The van der Waals surface area contributed by atoms with Crippen molar-refractivity contribution in [2.45, 2.75) is 33.1 Å². The molecule has 160 valence electrons. The number of benzene rings is 2. The molecule has 7 heteroatoms. The first kappa shape index (κ1) is 21.9. The molecule has 31 heavy (non-hydrogen) atoms. The van der Waals surface area contributed by atoms with Crippen molar-refractivity contribution in [1.29, 1.82) is 5.26 Å². The van der Waals surface area contributed by atoms with Gasteiger partial charge in [-0.25, -0.2) is 4.79 Å². The normalized spacial score (nSPS) is 10.5. The van der Waals surface area contributed by atoms with Crippen LogP contribution >= 0.6 is 0 Å². The minimum atomic E-state index is -0.443. The average molecular weight is 421 g/mol. The molecular formula is C24H23NO6. The second-order valence-corrected chi connectivity index (χ2v) is 6.96. The molecule has 3 aromatic rings. The van der Waals surface area contributed by atoms with Gasteiger partial charge in [0.05, 0.1) is 25.3 Å².